The predicted molar refractivity (Wildman–Crippen MR) is 84.9 cm³/mol. The van der Waals surface area contributed by atoms with Crippen molar-refractivity contribution in [3.05, 3.63) is 22.4 Å². The summed E-state index contributed by atoms with van der Waals surface area (Å²) >= 11 is 1.82. The van der Waals surface area contributed by atoms with Gasteiger partial charge in [0, 0.05) is 30.4 Å². The van der Waals surface area contributed by atoms with E-state index in [4.69, 9.17) is 5.73 Å². The molecule has 0 aliphatic carbocycles. The molecule has 112 valence electrons. The van der Waals surface area contributed by atoms with E-state index in [0.29, 0.717) is 24.9 Å². The summed E-state index contributed by atoms with van der Waals surface area (Å²) in [5.41, 5.74) is 5.77. The Morgan fingerprint density at radius 2 is 2.25 bits per heavy atom. The highest BCUT2D eigenvalue weighted by molar-refractivity contribution is 7.09. The van der Waals surface area contributed by atoms with Crippen molar-refractivity contribution in [2.45, 2.75) is 57.4 Å². The number of amides is 1. The standard InChI is InChI=1S/C16H26N2OS/c17-13-14-7-4-5-11-18(14)16(19)10-3-1-2-8-15-9-6-12-20-15/h6,9,12,14H,1-5,7-8,10-11,13,17H2. The van der Waals surface area contributed by atoms with E-state index in [2.05, 4.69) is 17.5 Å². The van der Waals surface area contributed by atoms with Gasteiger partial charge < -0.3 is 10.6 Å². The number of unbranched alkanes of at least 4 members (excludes halogenated alkanes) is 2. The van der Waals surface area contributed by atoms with Gasteiger partial charge in [-0.15, -0.1) is 11.3 Å². The van der Waals surface area contributed by atoms with Gasteiger partial charge in [-0.2, -0.15) is 0 Å². The smallest absolute Gasteiger partial charge is 0.222 e. The molecule has 20 heavy (non-hydrogen) atoms. The Kier molecular flexibility index (Phi) is 6.54. The van der Waals surface area contributed by atoms with E-state index < -0.39 is 0 Å². The first kappa shape index (κ1) is 15.5. The average molecular weight is 294 g/mol. The molecule has 1 fully saturated rings. The van der Waals surface area contributed by atoms with Crippen LogP contribution in [0, 0.1) is 0 Å². The zero-order valence-electron chi connectivity index (χ0n) is 12.2. The summed E-state index contributed by atoms with van der Waals surface area (Å²) in [6, 6.07) is 4.59. The van der Waals surface area contributed by atoms with E-state index >= 15 is 0 Å². The van der Waals surface area contributed by atoms with Crippen LogP contribution >= 0.6 is 11.3 Å². The highest BCUT2D eigenvalue weighted by atomic mass is 32.1. The van der Waals surface area contributed by atoms with Gasteiger partial charge in [0.05, 0.1) is 0 Å². The number of nitrogens with zero attached hydrogens (tertiary/aromatic N) is 1. The maximum atomic E-state index is 12.2. The minimum absolute atomic E-state index is 0.294. The summed E-state index contributed by atoms with van der Waals surface area (Å²) in [6.45, 7) is 1.53. The summed E-state index contributed by atoms with van der Waals surface area (Å²) in [5, 5.41) is 2.13. The number of carbonyl (C=O) groups is 1. The first-order valence-corrected chi connectivity index (χ1v) is 8.71. The normalized spacial score (nSPS) is 19.2. The molecule has 0 spiro atoms. The van der Waals surface area contributed by atoms with Crippen molar-refractivity contribution in [3.63, 3.8) is 0 Å². The lowest BCUT2D eigenvalue weighted by Crippen LogP contribution is -2.47. The van der Waals surface area contributed by atoms with E-state index in [1.165, 1.54) is 17.7 Å². The Morgan fingerprint density at radius 1 is 1.35 bits per heavy atom. The lowest BCUT2D eigenvalue weighted by molar-refractivity contribution is -0.134. The monoisotopic (exact) mass is 294 g/mol. The molecule has 1 aliphatic heterocycles. The molecule has 0 saturated carbocycles. The molecule has 1 unspecified atom stereocenters. The van der Waals surface area contributed by atoms with Crippen LogP contribution in [-0.2, 0) is 11.2 Å². The van der Waals surface area contributed by atoms with Gasteiger partial charge in [-0.25, -0.2) is 0 Å². The van der Waals surface area contributed by atoms with Crippen LogP contribution in [0.15, 0.2) is 17.5 Å². The number of hydrogen-bond donors (Lipinski definition) is 1. The van der Waals surface area contributed by atoms with Gasteiger partial charge in [0.1, 0.15) is 0 Å². The SMILES string of the molecule is NCC1CCCCN1C(=O)CCCCCc1cccs1. The van der Waals surface area contributed by atoms with Crippen molar-refractivity contribution in [1.29, 1.82) is 0 Å². The van der Waals surface area contributed by atoms with Gasteiger partial charge >= 0.3 is 0 Å². The zero-order chi connectivity index (χ0) is 14.2. The van der Waals surface area contributed by atoms with Crippen molar-refractivity contribution in [3.8, 4) is 0 Å². The van der Waals surface area contributed by atoms with Gasteiger partial charge in [-0.05, 0) is 50.0 Å². The number of thiophene rings is 1. The van der Waals surface area contributed by atoms with E-state index in [-0.39, 0.29) is 0 Å². The quantitative estimate of drug-likeness (QED) is 0.785. The van der Waals surface area contributed by atoms with Crippen LogP contribution in [-0.4, -0.2) is 29.9 Å². The third-order valence-electron chi connectivity index (χ3n) is 4.11. The van der Waals surface area contributed by atoms with Crippen LogP contribution in [0.3, 0.4) is 0 Å². The second-order valence-corrected chi connectivity index (χ2v) is 6.64. The van der Waals surface area contributed by atoms with Crippen molar-refractivity contribution >= 4 is 17.2 Å². The van der Waals surface area contributed by atoms with Crippen LogP contribution in [0.1, 0.15) is 49.8 Å². The number of rotatable bonds is 7. The Hall–Kier alpha value is -0.870. The second kappa shape index (κ2) is 8.42. The molecule has 0 radical (unpaired) electrons. The van der Waals surface area contributed by atoms with Crippen LogP contribution in [0.5, 0.6) is 0 Å². The molecule has 1 amide bonds. The number of likely N-dealkylation sites (tertiary alicyclic amines) is 1. The van der Waals surface area contributed by atoms with Crippen molar-refractivity contribution in [2.75, 3.05) is 13.1 Å². The summed E-state index contributed by atoms with van der Waals surface area (Å²) in [5.74, 6) is 0.316. The lowest BCUT2D eigenvalue weighted by atomic mass is 10.0. The van der Waals surface area contributed by atoms with E-state index in [1.54, 1.807) is 0 Å². The Balaban J connectivity index is 1.61. The number of piperidine rings is 1. The molecule has 4 heteroatoms. The number of aryl methyl sites for hydroxylation is 1. The molecule has 1 atom stereocenters. The Morgan fingerprint density at radius 3 is 3.00 bits per heavy atom. The summed E-state index contributed by atoms with van der Waals surface area (Å²) in [6.07, 6.45) is 8.63. The van der Waals surface area contributed by atoms with Crippen LogP contribution in [0.25, 0.3) is 0 Å². The first-order valence-electron chi connectivity index (χ1n) is 7.83. The summed E-state index contributed by atoms with van der Waals surface area (Å²) in [4.78, 5) is 15.7. The van der Waals surface area contributed by atoms with E-state index in [0.717, 1.165) is 38.6 Å². The van der Waals surface area contributed by atoms with Gasteiger partial charge in [0.25, 0.3) is 0 Å². The maximum Gasteiger partial charge on any atom is 0.222 e. The van der Waals surface area contributed by atoms with Gasteiger partial charge in [-0.1, -0.05) is 12.5 Å². The molecule has 1 aliphatic rings. The first-order chi connectivity index (χ1) is 9.81. The molecule has 2 N–H and O–H groups in total. The minimum atomic E-state index is 0.294. The Bertz CT molecular complexity index is 391. The minimum Gasteiger partial charge on any atom is -0.338 e. The van der Waals surface area contributed by atoms with E-state index in [9.17, 15) is 4.79 Å². The fraction of sp³-hybridized carbons (Fsp3) is 0.688. The fourth-order valence-corrected chi connectivity index (χ4v) is 3.68. The van der Waals surface area contributed by atoms with Gasteiger partial charge in [-0.3, -0.25) is 4.79 Å². The highest BCUT2D eigenvalue weighted by Gasteiger charge is 2.24. The number of hydrogen-bond acceptors (Lipinski definition) is 3. The number of carbonyl (C=O) groups excluding carboxylic acids is 1. The molecule has 3 nitrogen and oxygen atoms in total. The van der Waals surface area contributed by atoms with Gasteiger partial charge in [0.15, 0.2) is 0 Å². The largest absolute Gasteiger partial charge is 0.338 e. The van der Waals surface area contributed by atoms with Crippen molar-refractivity contribution < 1.29 is 4.79 Å². The third kappa shape index (κ3) is 4.60. The highest BCUT2D eigenvalue weighted by Crippen LogP contribution is 2.18. The lowest BCUT2D eigenvalue weighted by Gasteiger charge is -2.35. The molecule has 1 saturated heterocycles. The molecule has 0 aromatic carbocycles. The average Bonchev–Trinajstić information content (AvgIpc) is 3.00. The van der Waals surface area contributed by atoms with Gasteiger partial charge in [0.2, 0.25) is 5.91 Å². The summed E-state index contributed by atoms with van der Waals surface area (Å²) < 4.78 is 0. The number of nitrogens with two attached hydrogens (primary N) is 1. The zero-order valence-corrected chi connectivity index (χ0v) is 13.0. The molecular formula is C16H26N2OS. The molecular weight excluding hydrogens is 268 g/mol. The van der Waals surface area contributed by atoms with Crippen molar-refractivity contribution in [1.82, 2.24) is 4.90 Å². The summed E-state index contributed by atoms with van der Waals surface area (Å²) in [7, 11) is 0. The van der Waals surface area contributed by atoms with Crippen molar-refractivity contribution in [2.24, 2.45) is 5.73 Å². The molecule has 1 aromatic heterocycles. The maximum absolute atomic E-state index is 12.2. The fourth-order valence-electron chi connectivity index (χ4n) is 2.92. The molecule has 2 heterocycles. The molecule has 0 bridgehead atoms. The van der Waals surface area contributed by atoms with E-state index in [1.807, 2.05) is 16.2 Å². The van der Waals surface area contributed by atoms with Crippen LogP contribution in [0.2, 0.25) is 0 Å². The van der Waals surface area contributed by atoms with Crippen LogP contribution < -0.4 is 5.73 Å². The second-order valence-electron chi connectivity index (χ2n) is 5.61. The topological polar surface area (TPSA) is 46.3 Å². The molecule has 2 rings (SSSR count). The predicted octanol–water partition coefficient (Wildman–Crippen LogP) is 3.19. The Labute approximate surface area is 126 Å². The van der Waals surface area contributed by atoms with Crippen LogP contribution in [0.4, 0.5) is 0 Å². The molecule has 1 aromatic rings. The third-order valence-corrected chi connectivity index (χ3v) is 5.05.